The van der Waals surface area contributed by atoms with Crippen molar-refractivity contribution in [3.63, 3.8) is 0 Å². The molecule has 0 heterocycles. The maximum atomic E-state index is 8.07. The van der Waals surface area contributed by atoms with Gasteiger partial charge in [0, 0.05) is 6.61 Å². The molecule has 0 aromatic carbocycles. The molecule has 0 aliphatic heterocycles. The molecular weight excluding hydrogens is 196 g/mol. The Labute approximate surface area is 103 Å². The SMILES string of the molecule is C=C/C(=C\C=C/C)CC.CC.CCCCO. The molecule has 0 rings (SSSR count). The predicted molar refractivity (Wildman–Crippen MR) is 76.7 cm³/mol. The van der Waals surface area contributed by atoms with Gasteiger partial charge in [0.25, 0.3) is 0 Å². The van der Waals surface area contributed by atoms with Crippen LogP contribution >= 0.6 is 0 Å². The van der Waals surface area contributed by atoms with Crippen molar-refractivity contribution in [3.8, 4) is 0 Å². The lowest BCUT2D eigenvalue weighted by Gasteiger charge is -1.89. The van der Waals surface area contributed by atoms with Gasteiger partial charge in [-0.3, -0.25) is 0 Å². The first-order chi connectivity index (χ1) is 7.76. The third-order valence-electron chi connectivity index (χ3n) is 1.68. The van der Waals surface area contributed by atoms with E-state index >= 15 is 0 Å². The van der Waals surface area contributed by atoms with E-state index < -0.39 is 0 Å². The Hall–Kier alpha value is -0.820. The van der Waals surface area contributed by atoms with Gasteiger partial charge in [-0.15, -0.1) is 0 Å². The maximum absolute atomic E-state index is 8.07. The second-order valence-electron chi connectivity index (χ2n) is 2.90. The highest BCUT2D eigenvalue weighted by Crippen LogP contribution is 2.00. The number of allylic oxidation sites excluding steroid dienone is 5. The first-order valence-electron chi connectivity index (χ1n) is 6.31. The van der Waals surface area contributed by atoms with Gasteiger partial charge in [0.2, 0.25) is 0 Å². The minimum Gasteiger partial charge on any atom is -0.396 e. The van der Waals surface area contributed by atoms with Gasteiger partial charge in [0.1, 0.15) is 0 Å². The Morgan fingerprint density at radius 3 is 2.00 bits per heavy atom. The van der Waals surface area contributed by atoms with Gasteiger partial charge in [-0.2, -0.15) is 0 Å². The number of unbranched alkanes of at least 4 members (excludes halogenated alkanes) is 1. The molecule has 0 aromatic heterocycles. The molecule has 96 valence electrons. The molecule has 0 aliphatic rings. The minimum absolute atomic E-state index is 0.344. The van der Waals surface area contributed by atoms with Crippen LogP contribution in [0.2, 0.25) is 0 Å². The molecule has 0 radical (unpaired) electrons. The summed E-state index contributed by atoms with van der Waals surface area (Å²) in [6.07, 6.45) is 11.1. The Morgan fingerprint density at radius 2 is 1.81 bits per heavy atom. The molecule has 0 atom stereocenters. The van der Waals surface area contributed by atoms with Crippen LogP contribution in [0, 0.1) is 0 Å². The molecule has 0 spiro atoms. The minimum atomic E-state index is 0.344. The topological polar surface area (TPSA) is 20.2 Å². The van der Waals surface area contributed by atoms with Gasteiger partial charge in [0.15, 0.2) is 0 Å². The van der Waals surface area contributed by atoms with Crippen LogP contribution in [-0.4, -0.2) is 11.7 Å². The molecule has 1 nitrogen and oxygen atoms in total. The summed E-state index contributed by atoms with van der Waals surface area (Å²) in [5.41, 5.74) is 1.29. The lowest BCUT2D eigenvalue weighted by atomic mass is 10.2. The molecule has 0 saturated carbocycles. The monoisotopic (exact) mass is 226 g/mol. The van der Waals surface area contributed by atoms with Gasteiger partial charge < -0.3 is 5.11 Å². The second kappa shape index (κ2) is 23.8. The van der Waals surface area contributed by atoms with Crippen molar-refractivity contribution < 1.29 is 5.11 Å². The number of hydrogen-bond acceptors (Lipinski definition) is 1. The normalized spacial score (nSPS) is 10.0. The van der Waals surface area contributed by atoms with Crippen LogP contribution in [0.1, 0.15) is 53.9 Å². The fraction of sp³-hybridized carbons (Fsp3) is 0.600. The lowest BCUT2D eigenvalue weighted by molar-refractivity contribution is 0.287. The van der Waals surface area contributed by atoms with Gasteiger partial charge in [-0.25, -0.2) is 0 Å². The summed E-state index contributed by atoms with van der Waals surface area (Å²) >= 11 is 0. The molecule has 0 aliphatic carbocycles. The predicted octanol–water partition coefficient (Wildman–Crippen LogP) is 4.89. The summed E-state index contributed by atoms with van der Waals surface area (Å²) in [5, 5.41) is 8.07. The molecule has 1 heteroatoms. The second-order valence-corrected chi connectivity index (χ2v) is 2.90. The van der Waals surface area contributed by atoms with Crippen molar-refractivity contribution in [2.24, 2.45) is 0 Å². The molecule has 0 saturated heterocycles. The summed E-state index contributed by atoms with van der Waals surface area (Å²) in [7, 11) is 0. The van der Waals surface area contributed by atoms with E-state index in [9.17, 15) is 0 Å². The van der Waals surface area contributed by atoms with Crippen molar-refractivity contribution in [1.82, 2.24) is 0 Å². The Morgan fingerprint density at radius 1 is 1.25 bits per heavy atom. The van der Waals surface area contributed by atoms with E-state index in [1.165, 1.54) is 5.57 Å². The summed E-state index contributed by atoms with van der Waals surface area (Å²) in [6.45, 7) is 14.2. The Bertz CT molecular complexity index is 164. The third-order valence-corrected chi connectivity index (χ3v) is 1.68. The first kappa shape index (κ1) is 20.6. The zero-order valence-corrected chi connectivity index (χ0v) is 11.8. The van der Waals surface area contributed by atoms with Crippen LogP contribution in [0.4, 0.5) is 0 Å². The lowest BCUT2D eigenvalue weighted by Crippen LogP contribution is -1.75. The highest BCUT2D eigenvalue weighted by molar-refractivity contribution is 5.21. The van der Waals surface area contributed by atoms with Crippen molar-refractivity contribution in [2.75, 3.05) is 6.61 Å². The summed E-state index contributed by atoms with van der Waals surface area (Å²) in [6, 6.07) is 0. The van der Waals surface area contributed by atoms with Gasteiger partial charge in [0.05, 0.1) is 0 Å². The summed E-state index contributed by atoms with van der Waals surface area (Å²) < 4.78 is 0. The van der Waals surface area contributed by atoms with Crippen LogP contribution in [0.25, 0.3) is 0 Å². The average Bonchev–Trinajstić information content (AvgIpc) is 2.35. The molecule has 0 fully saturated rings. The molecule has 0 amide bonds. The van der Waals surface area contributed by atoms with Gasteiger partial charge >= 0.3 is 0 Å². The molecule has 0 bridgehead atoms. The zero-order chi connectivity index (χ0) is 13.2. The van der Waals surface area contributed by atoms with Crippen LogP contribution in [0.15, 0.2) is 36.5 Å². The average molecular weight is 226 g/mol. The van der Waals surface area contributed by atoms with Gasteiger partial charge in [-0.1, -0.05) is 65.0 Å². The summed E-state index contributed by atoms with van der Waals surface area (Å²) in [4.78, 5) is 0. The fourth-order valence-electron chi connectivity index (χ4n) is 0.708. The Balaban J connectivity index is -0.000000205. The van der Waals surface area contributed by atoms with E-state index in [0.717, 1.165) is 19.3 Å². The molecular formula is C15H30O. The Kier molecular flexibility index (Phi) is 30.6. The fourth-order valence-corrected chi connectivity index (χ4v) is 0.708. The van der Waals surface area contributed by atoms with Crippen molar-refractivity contribution in [2.45, 2.75) is 53.9 Å². The van der Waals surface area contributed by atoms with E-state index in [1.807, 2.05) is 39.0 Å². The van der Waals surface area contributed by atoms with Crippen LogP contribution in [-0.2, 0) is 0 Å². The third kappa shape index (κ3) is 23.2. The van der Waals surface area contributed by atoms with Crippen LogP contribution in [0.3, 0.4) is 0 Å². The van der Waals surface area contributed by atoms with Crippen molar-refractivity contribution in [3.05, 3.63) is 36.5 Å². The molecule has 16 heavy (non-hydrogen) atoms. The van der Waals surface area contributed by atoms with Crippen LogP contribution < -0.4 is 0 Å². The molecule has 1 N–H and O–H groups in total. The molecule has 0 aromatic rings. The van der Waals surface area contributed by atoms with Crippen molar-refractivity contribution in [1.29, 1.82) is 0 Å². The smallest absolute Gasteiger partial charge is 0.0430 e. The quantitative estimate of drug-likeness (QED) is 0.662. The van der Waals surface area contributed by atoms with E-state index in [1.54, 1.807) is 0 Å². The standard InChI is InChI=1S/C9H14.C4H10O.C2H6/c1-4-7-8-9(5-2)6-3;1-2-3-4-5;1-2/h4-5,7-8H,2,6H2,1,3H3;5H,2-4H2,1H3;1-2H3/b7-4-,9-8+;;. The van der Waals surface area contributed by atoms with Crippen LogP contribution in [0.5, 0.6) is 0 Å². The first-order valence-corrected chi connectivity index (χ1v) is 6.31. The number of rotatable bonds is 5. The number of aliphatic hydroxyl groups is 1. The van der Waals surface area contributed by atoms with E-state index in [4.69, 9.17) is 5.11 Å². The highest BCUT2D eigenvalue weighted by atomic mass is 16.2. The highest BCUT2D eigenvalue weighted by Gasteiger charge is 1.79. The number of aliphatic hydroxyl groups excluding tert-OH is 1. The van der Waals surface area contributed by atoms with E-state index in [-0.39, 0.29) is 0 Å². The largest absolute Gasteiger partial charge is 0.396 e. The molecule has 0 unspecified atom stereocenters. The van der Waals surface area contributed by atoms with E-state index in [2.05, 4.69) is 26.5 Å². The zero-order valence-electron chi connectivity index (χ0n) is 11.8. The van der Waals surface area contributed by atoms with E-state index in [0.29, 0.717) is 6.61 Å². The van der Waals surface area contributed by atoms with Gasteiger partial charge in [-0.05, 0) is 25.3 Å². The van der Waals surface area contributed by atoms with Crippen molar-refractivity contribution >= 4 is 0 Å². The summed E-state index contributed by atoms with van der Waals surface area (Å²) in [5.74, 6) is 0. The maximum Gasteiger partial charge on any atom is 0.0430 e. The number of hydrogen-bond donors (Lipinski definition) is 1.